The molecule has 0 aromatic heterocycles. The third-order valence-corrected chi connectivity index (χ3v) is 11.7. The highest BCUT2D eigenvalue weighted by molar-refractivity contribution is 6.58. The van der Waals surface area contributed by atoms with Gasteiger partial charge in [0.25, 0.3) is 11.8 Å². The number of phenolic OH excluding ortho intramolecular Hbond substituents is 1. The van der Waals surface area contributed by atoms with Crippen LogP contribution in [0.4, 0.5) is 42.1 Å². The quantitative estimate of drug-likeness (QED) is 0.128. The van der Waals surface area contributed by atoms with Crippen LogP contribution in [-0.2, 0) is 31.5 Å². The molecular weight excluding hydrogens is 732 g/mol. The first-order valence-electron chi connectivity index (χ1n) is 15.4. The average Bonchev–Trinajstić information content (AvgIpc) is 3.40. The number of phenols is 1. The summed E-state index contributed by atoms with van der Waals surface area (Å²) in [5, 5.41) is 11.3. The highest BCUT2D eigenvalue weighted by Crippen LogP contribution is 2.66. The molecule has 7 rings (SSSR count). The van der Waals surface area contributed by atoms with E-state index in [1.54, 1.807) is 13.0 Å². The van der Waals surface area contributed by atoms with Gasteiger partial charge < -0.3 is 5.11 Å². The number of allylic oxidation sites excluding steroid dienone is 2. The van der Waals surface area contributed by atoms with E-state index in [0.29, 0.717) is 10.5 Å². The van der Waals surface area contributed by atoms with Gasteiger partial charge in [-0.25, -0.2) is 14.2 Å². The third-order valence-electron chi connectivity index (χ3n) is 10.3. The molecule has 3 aromatic rings. The molecule has 2 heterocycles. The monoisotopic (exact) mass is 754 g/mol. The predicted octanol–water partition coefficient (Wildman–Crippen LogP) is 7.65. The molecule has 0 bridgehead atoms. The van der Waals surface area contributed by atoms with Crippen molar-refractivity contribution in [2.24, 2.45) is 17.8 Å². The number of rotatable bonds is 3. The van der Waals surface area contributed by atoms with E-state index < -0.39 is 98.5 Å². The van der Waals surface area contributed by atoms with Crippen LogP contribution < -0.4 is 9.80 Å². The molecule has 4 amide bonds. The molecule has 3 aromatic carbocycles. The van der Waals surface area contributed by atoms with E-state index in [4.69, 9.17) is 23.2 Å². The van der Waals surface area contributed by atoms with Gasteiger partial charge in [0.05, 0.1) is 34.3 Å². The molecule has 4 aliphatic rings. The fourth-order valence-electron chi connectivity index (χ4n) is 7.98. The SMILES string of the molecule is Cc1cccc(C2C3=CCC4C(=O)N(c5cc(C(F)(F)F)cc(C(F)(F)F)c5)C(=O)C4C3CC3(Cl)C(=O)N(c4ccc(F)cc4)C(=O)C23Cl)c1O. The van der Waals surface area contributed by atoms with Crippen molar-refractivity contribution in [1.82, 2.24) is 0 Å². The minimum Gasteiger partial charge on any atom is -0.507 e. The molecule has 6 unspecified atom stereocenters. The number of imide groups is 2. The van der Waals surface area contributed by atoms with Crippen LogP contribution in [0.5, 0.6) is 5.75 Å². The summed E-state index contributed by atoms with van der Waals surface area (Å²) in [4.78, 5) is 52.9. The smallest absolute Gasteiger partial charge is 0.416 e. The Morgan fingerprint density at radius 3 is 1.98 bits per heavy atom. The van der Waals surface area contributed by atoms with Crippen molar-refractivity contribution in [2.75, 3.05) is 9.80 Å². The van der Waals surface area contributed by atoms with Gasteiger partial charge in [-0.05, 0) is 73.7 Å². The molecule has 2 saturated heterocycles. The summed E-state index contributed by atoms with van der Waals surface area (Å²) in [6, 6.07) is 9.20. The predicted molar refractivity (Wildman–Crippen MR) is 168 cm³/mol. The molecule has 266 valence electrons. The van der Waals surface area contributed by atoms with Crippen LogP contribution in [-0.4, -0.2) is 38.5 Å². The number of carbonyl (C=O) groups excluding carboxylic acids is 4. The molecular formula is C35H23Cl2F7N2O5. The molecule has 16 heteroatoms. The highest BCUT2D eigenvalue weighted by atomic mass is 35.5. The van der Waals surface area contributed by atoms with Crippen molar-refractivity contribution >= 4 is 58.2 Å². The number of hydrogen-bond donors (Lipinski definition) is 1. The number of carbonyl (C=O) groups is 4. The summed E-state index contributed by atoms with van der Waals surface area (Å²) in [6.45, 7) is 1.55. The zero-order chi connectivity index (χ0) is 37.2. The number of nitrogens with zero attached hydrogens (tertiary/aromatic N) is 2. The van der Waals surface area contributed by atoms with Gasteiger partial charge in [0.15, 0.2) is 9.75 Å². The van der Waals surface area contributed by atoms with Gasteiger partial charge in [-0.3, -0.25) is 19.2 Å². The van der Waals surface area contributed by atoms with Crippen molar-refractivity contribution in [3.8, 4) is 5.75 Å². The van der Waals surface area contributed by atoms with E-state index in [1.165, 1.54) is 18.2 Å². The maximum absolute atomic E-state index is 14.4. The lowest BCUT2D eigenvalue weighted by Gasteiger charge is -2.50. The van der Waals surface area contributed by atoms with Crippen LogP contribution in [0.2, 0.25) is 0 Å². The Morgan fingerprint density at radius 1 is 0.784 bits per heavy atom. The van der Waals surface area contributed by atoms with E-state index in [9.17, 15) is 55.0 Å². The number of hydrogen-bond acceptors (Lipinski definition) is 5. The first-order valence-corrected chi connectivity index (χ1v) is 16.2. The Hall–Kier alpha value is -4.43. The first-order chi connectivity index (χ1) is 23.7. The molecule has 1 saturated carbocycles. The maximum atomic E-state index is 14.4. The largest absolute Gasteiger partial charge is 0.507 e. The standard InChI is InChI=1S/C35H23Cl2F7N2O5/c1-15-3-2-4-23(27(15)47)26-21-9-10-22-25(29(49)45(28(22)48)20-12-16(34(39,40)41)11-17(13-20)35(42,43)44)24(21)14-32(36)30(50)46(31(51)33(26,32)37)19-7-5-18(38)6-8-19/h2-9,11-13,22,24-26,47H,10,14H2,1H3. The van der Waals surface area contributed by atoms with E-state index in [2.05, 4.69) is 0 Å². The minimum absolute atomic E-state index is 0.0351. The van der Waals surface area contributed by atoms with Crippen LogP contribution in [0.3, 0.4) is 0 Å². The second-order valence-corrected chi connectivity index (χ2v) is 14.3. The lowest BCUT2D eigenvalue weighted by molar-refractivity contribution is -0.143. The molecule has 3 fully saturated rings. The summed E-state index contributed by atoms with van der Waals surface area (Å²) in [6.07, 6.45) is -9.87. The van der Waals surface area contributed by atoms with E-state index in [1.807, 2.05) is 0 Å². The van der Waals surface area contributed by atoms with E-state index >= 15 is 0 Å². The summed E-state index contributed by atoms with van der Waals surface area (Å²) in [7, 11) is 0. The van der Waals surface area contributed by atoms with Crippen molar-refractivity contribution in [3.05, 3.63) is 100 Å². The summed E-state index contributed by atoms with van der Waals surface area (Å²) in [5.41, 5.74) is -3.94. The lowest BCUT2D eigenvalue weighted by Crippen LogP contribution is -2.60. The summed E-state index contributed by atoms with van der Waals surface area (Å²) in [5.74, 6) is -10.7. The second kappa shape index (κ2) is 11.3. The number of amides is 4. The molecule has 0 radical (unpaired) electrons. The Labute approximate surface area is 294 Å². The van der Waals surface area contributed by atoms with Gasteiger partial charge in [-0.1, -0.05) is 29.8 Å². The van der Waals surface area contributed by atoms with Crippen LogP contribution in [0.15, 0.2) is 72.3 Å². The Bertz CT molecular complexity index is 2050. The minimum atomic E-state index is -5.27. The van der Waals surface area contributed by atoms with Gasteiger partial charge in [0.2, 0.25) is 11.8 Å². The van der Waals surface area contributed by atoms with Crippen molar-refractivity contribution in [2.45, 2.75) is 47.8 Å². The van der Waals surface area contributed by atoms with Gasteiger partial charge >= 0.3 is 12.4 Å². The number of aryl methyl sites for hydroxylation is 1. The van der Waals surface area contributed by atoms with Crippen LogP contribution >= 0.6 is 23.2 Å². The van der Waals surface area contributed by atoms with Crippen molar-refractivity contribution in [3.63, 3.8) is 0 Å². The van der Waals surface area contributed by atoms with Gasteiger partial charge in [0, 0.05) is 11.5 Å². The van der Waals surface area contributed by atoms with E-state index in [-0.39, 0.29) is 52.1 Å². The lowest BCUT2D eigenvalue weighted by atomic mass is 9.56. The third kappa shape index (κ3) is 4.92. The Morgan fingerprint density at radius 2 is 1.39 bits per heavy atom. The fourth-order valence-corrected chi connectivity index (χ4v) is 8.91. The zero-order valence-electron chi connectivity index (χ0n) is 26.0. The molecule has 1 N–H and O–H groups in total. The number of halogens is 9. The topological polar surface area (TPSA) is 95.0 Å². The van der Waals surface area contributed by atoms with Gasteiger partial charge in [0.1, 0.15) is 11.6 Å². The van der Waals surface area contributed by atoms with E-state index in [0.717, 1.165) is 24.3 Å². The fraction of sp³-hybridized carbons (Fsp3) is 0.314. The normalized spacial score (nSPS) is 29.3. The number of alkyl halides is 8. The average molecular weight is 755 g/mol. The maximum Gasteiger partial charge on any atom is 0.416 e. The number of anilines is 2. The Balaban J connectivity index is 1.39. The molecule has 2 aliphatic heterocycles. The zero-order valence-corrected chi connectivity index (χ0v) is 27.5. The highest BCUT2D eigenvalue weighted by Gasteiger charge is 2.77. The van der Waals surface area contributed by atoms with Crippen LogP contribution in [0, 0.1) is 30.5 Å². The van der Waals surface area contributed by atoms with Crippen LogP contribution in [0.1, 0.15) is 41.0 Å². The first kappa shape index (κ1) is 35.0. The van der Waals surface area contributed by atoms with Crippen molar-refractivity contribution < 1.29 is 55.0 Å². The molecule has 0 spiro atoms. The molecule has 51 heavy (non-hydrogen) atoms. The van der Waals surface area contributed by atoms with Gasteiger partial charge in [-0.2, -0.15) is 26.3 Å². The second-order valence-electron chi connectivity index (χ2n) is 13.0. The number of para-hydroxylation sites is 1. The molecule has 6 atom stereocenters. The summed E-state index contributed by atoms with van der Waals surface area (Å²) < 4.78 is 96.3. The van der Waals surface area contributed by atoms with Crippen molar-refractivity contribution in [1.29, 1.82) is 0 Å². The summed E-state index contributed by atoms with van der Waals surface area (Å²) >= 11 is 14.5. The van der Waals surface area contributed by atoms with Crippen LogP contribution in [0.25, 0.3) is 0 Å². The number of benzene rings is 3. The molecule has 7 nitrogen and oxygen atoms in total. The molecule has 2 aliphatic carbocycles. The number of fused-ring (bicyclic) bond motifs is 4. The number of aromatic hydroxyl groups is 1. The Kier molecular flexibility index (Phi) is 7.74. The van der Waals surface area contributed by atoms with Gasteiger partial charge in [-0.15, -0.1) is 23.2 Å².